The van der Waals surface area contributed by atoms with E-state index in [-0.39, 0.29) is 0 Å². The maximum Gasteiger partial charge on any atom is 0.231 e. The second kappa shape index (κ2) is 1.80. The lowest BCUT2D eigenvalue weighted by atomic mass is 10.5. The molecule has 0 aromatic carbocycles. The van der Waals surface area contributed by atoms with Crippen molar-refractivity contribution in [2.75, 3.05) is 0 Å². The number of pyridine rings is 1. The SMILES string of the molecule is Fc1cn2ccccc2n1. The summed E-state index contributed by atoms with van der Waals surface area (Å²) in [5.41, 5.74) is 0.639. The molecular weight excluding hydrogens is 131 g/mol. The topological polar surface area (TPSA) is 17.3 Å². The Hall–Kier alpha value is -1.38. The number of imidazole rings is 1. The Labute approximate surface area is 56.9 Å². The highest BCUT2D eigenvalue weighted by atomic mass is 19.1. The van der Waals surface area contributed by atoms with E-state index in [9.17, 15) is 4.39 Å². The van der Waals surface area contributed by atoms with Gasteiger partial charge in [-0.1, -0.05) is 6.07 Å². The molecule has 0 bridgehead atoms. The normalized spacial score (nSPS) is 10.5. The zero-order chi connectivity index (χ0) is 6.97. The van der Waals surface area contributed by atoms with Crippen molar-refractivity contribution in [2.45, 2.75) is 0 Å². The number of halogens is 1. The Balaban J connectivity index is 2.88. The highest BCUT2D eigenvalue weighted by Gasteiger charge is 1.95. The van der Waals surface area contributed by atoms with Crippen LogP contribution in [-0.4, -0.2) is 9.38 Å². The van der Waals surface area contributed by atoms with Crippen molar-refractivity contribution in [3.8, 4) is 0 Å². The fourth-order valence-electron chi connectivity index (χ4n) is 0.904. The van der Waals surface area contributed by atoms with Gasteiger partial charge in [0.1, 0.15) is 5.65 Å². The van der Waals surface area contributed by atoms with E-state index < -0.39 is 5.95 Å². The molecule has 2 rings (SSSR count). The first-order chi connectivity index (χ1) is 4.86. The van der Waals surface area contributed by atoms with Gasteiger partial charge >= 0.3 is 0 Å². The summed E-state index contributed by atoms with van der Waals surface area (Å²) in [6.45, 7) is 0. The molecule has 0 saturated heterocycles. The molecule has 2 nitrogen and oxygen atoms in total. The van der Waals surface area contributed by atoms with Gasteiger partial charge in [-0.3, -0.25) is 0 Å². The summed E-state index contributed by atoms with van der Waals surface area (Å²) >= 11 is 0. The fourth-order valence-corrected chi connectivity index (χ4v) is 0.904. The van der Waals surface area contributed by atoms with Crippen molar-refractivity contribution in [3.05, 3.63) is 36.5 Å². The first-order valence-corrected chi connectivity index (χ1v) is 2.95. The molecule has 3 heteroatoms. The van der Waals surface area contributed by atoms with Gasteiger partial charge in [0, 0.05) is 6.20 Å². The van der Waals surface area contributed by atoms with Crippen LogP contribution >= 0.6 is 0 Å². The van der Waals surface area contributed by atoms with Crippen LogP contribution < -0.4 is 0 Å². The van der Waals surface area contributed by atoms with Crippen molar-refractivity contribution in [3.63, 3.8) is 0 Å². The third-order valence-corrected chi connectivity index (χ3v) is 1.33. The van der Waals surface area contributed by atoms with Crippen LogP contribution in [-0.2, 0) is 0 Å². The molecule has 2 aromatic rings. The Morgan fingerprint density at radius 3 is 3.10 bits per heavy atom. The van der Waals surface area contributed by atoms with Crippen LogP contribution in [0.15, 0.2) is 30.6 Å². The fraction of sp³-hybridized carbons (Fsp3) is 0. The largest absolute Gasteiger partial charge is 0.304 e. The van der Waals surface area contributed by atoms with Crippen molar-refractivity contribution in [1.82, 2.24) is 9.38 Å². The standard InChI is InChI=1S/C7H5FN2/c8-6-5-10-4-2-1-3-7(10)9-6/h1-5H. The van der Waals surface area contributed by atoms with Gasteiger partial charge < -0.3 is 4.40 Å². The monoisotopic (exact) mass is 136 g/mol. The molecule has 50 valence electrons. The number of nitrogens with zero attached hydrogens (tertiary/aromatic N) is 2. The zero-order valence-corrected chi connectivity index (χ0v) is 5.16. The summed E-state index contributed by atoms with van der Waals surface area (Å²) in [7, 11) is 0. The van der Waals surface area contributed by atoms with E-state index in [2.05, 4.69) is 4.98 Å². The molecule has 0 aliphatic carbocycles. The Bertz CT molecular complexity index is 320. The molecule has 0 radical (unpaired) electrons. The van der Waals surface area contributed by atoms with Gasteiger partial charge in [-0.05, 0) is 12.1 Å². The zero-order valence-electron chi connectivity index (χ0n) is 5.16. The summed E-state index contributed by atoms with van der Waals surface area (Å²) in [5.74, 6) is -0.439. The third kappa shape index (κ3) is 0.673. The number of rotatable bonds is 0. The predicted molar refractivity (Wildman–Crippen MR) is 35.2 cm³/mol. The van der Waals surface area contributed by atoms with E-state index in [1.54, 1.807) is 16.7 Å². The van der Waals surface area contributed by atoms with Gasteiger partial charge in [-0.2, -0.15) is 4.39 Å². The lowest BCUT2D eigenvalue weighted by molar-refractivity contribution is 0.592. The highest BCUT2D eigenvalue weighted by Crippen LogP contribution is 2.01. The Kier molecular flexibility index (Phi) is 0.974. The van der Waals surface area contributed by atoms with Gasteiger partial charge in [0.25, 0.3) is 0 Å². The number of hydrogen-bond acceptors (Lipinski definition) is 1. The van der Waals surface area contributed by atoms with E-state index in [1.165, 1.54) is 6.20 Å². The average Bonchev–Trinajstić information content (AvgIpc) is 2.27. The Morgan fingerprint density at radius 1 is 1.40 bits per heavy atom. The first-order valence-electron chi connectivity index (χ1n) is 2.95. The van der Waals surface area contributed by atoms with Crippen molar-refractivity contribution in [2.24, 2.45) is 0 Å². The number of fused-ring (bicyclic) bond motifs is 1. The summed E-state index contributed by atoms with van der Waals surface area (Å²) in [6, 6.07) is 5.40. The maximum atomic E-state index is 12.4. The van der Waals surface area contributed by atoms with Crippen LogP contribution in [0.4, 0.5) is 4.39 Å². The van der Waals surface area contributed by atoms with E-state index >= 15 is 0 Å². The summed E-state index contributed by atoms with van der Waals surface area (Å²) < 4.78 is 14.0. The molecule has 0 N–H and O–H groups in total. The smallest absolute Gasteiger partial charge is 0.231 e. The minimum absolute atomic E-state index is 0.439. The molecule has 0 fully saturated rings. The summed E-state index contributed by atoms with van der Waals surface area (Å²) in [4.78, 5) is 3.61. The molecular formula is C7H5FN2. The maximum absolute atomic E-state index is 12.4. The number of aromatic nitrogens is 2. The average molecular weight is 136 g/mol. The van der Waals surface area contributed by atoms with Crippen LogP contribution in [0.25, 0.3) is 5.65 Å². The van der Waals surface area contributed by atoms with Crippen molar-refractivity contribution < 1.29 is 4.39 Å². The van der Waals surface area contributed by atoms with Gasteiger partial charge in [0.2, 0.25) is 5.95 Å². The molecule has 0 aliphatic rings. The first kappa shape index (κ1) is 5.41. The van der Waals surface area contributed by atoms with Gasteiger partial charge in [-0.25, -0.2) is 4.98 Å². The molecule has 0 spiro atoms. The van der Waals surface area contributed by atoms with Crippen molar-refractivity contribution in [1.29, 1.82) is 0 Å². The van der Waals surface area contributed by atoms with Gasteiger partial charge in [0.15, 0.2) is 0 Å². The van der Waals surface area contributed by atoms with E-state index in [4.69, 9.17) is 0 Å². The molecule has 0 saturated carbocycles. The summed E-state index contributed by atoms with van der Waals surface area (Å²) in [5, 5.41) is 0. The van der Waals surface area contributed by atoms with Crippen LogP contribution in [0.2, 0.25) is 0 Å². The quantitative estimate of drug-likeness (QED) is 0.536. The van der Waals surface area contributed by atoms with Gasteiger partial charge in [-0.15, -0.1) is 0 Å². The van der Waals surface area contributed by atoms with Crippen LogP contribution in [0.1, 0.15) is 0 Å². The molecule has 10 heavy (non-hydrogen) atoms. The lowest BCUT2D eigenvalue weighted by Crippen LogP contribution is -1.77. The molecule has 0 atom stereocenters. The minimum atomic E-state index is -0.439. The van der Waals surface area contributed by atoms with Gasteiger partial charge in [0.05, 0.1) is 6.20 Å². The molecule has 0 unspecified atom stereocenters. The van der Waals surface area contributed by atoms with Crippen LogP contribution in [0.3, 0.4) is 0 Å². The van der Waals surface area contributed by atoms with Crippen LogP contribution in [0.5, 0.6) is 0 Å². The lowest BCUT2D eigenvalue weighted by Gasteiger charge is -1.86. The predicted octanol–water partition coefficient (Wildman–Crippen LogP) is 1.47. The molecule has 2 aromatic heterocycles. The molecule has 2 heterocycles. The minimum Gasteiger partial charge on any atom is -0.304 e. The third-order valence-electron chi connectivity index (χ3n) is 1.33. The van der Waals surface area contributed by atoms with E-state index in [1.807, 2.05) is 12.1 Å². The van der Waals surface area contributed by atoms with E-state index in [0.717, 1.165) is 0 Å². The van der Waals surface area contributed by atoms with Crippen LogP contribution in [0, 0.1) is 5.95 Å². The number of hydrogen-bond donors (Lipinski definition) is 0. The highest BCUT2D eigenvalue weighted by molar-refractivity contribution is 5.37. The molecule has 0 amide bonds. The summed E-state index contributed by atoms with van der Waals surface area (Å²) in [6.07, 6.45) is 3.10. The second-order valence-electron chi connectivity index (χ2n) is 2.03. The van der Waals surface area contributed by atoms with E-state index in [0.29, 0.717) is 5.65 Å². The second-order valence-corrected chi connectivity index (χ2v) is 2.03. The molecule has 0 aliphatic heterocycles. The Morgan fingerprint density at radius 2 is 2.30 bits per heavy atom. The van der Waals surface area contributed by atoms with Crippen molar-refractivity contribution >= 4 is 5.65 Å².